The van der Waals surface area contributed by atoms with Crippen LogP contribution >= 0.6 is 0 Å². The summed E-state index contributed by atoms with van der Waals surface area (Å²) in [5, 5.41) is 2.93. The Morgan fingerprint density at radius 2 is 1.93 bits per heavy atom. The Morgan fingerprint density at radius 3 is 2.60 bits per heavy atom. The molecule has 2 bridgehead atoms. The van der Waals surface area contributed by atoms with E-state index in [0.29, 0.717) is 35.9 Å². The van der Waals surface area contributed by atoms with Crippen LogP contribution in [0, 0.1) is 17.3 Å². The first-order valence-electron chi connectivity index (χ1n) is 16.5. The molecule has 2 aromatic rings. The largest absolute Gasteiger partial charge is 0.497 e. The van der Waals surface area contributed by atoms with E-state index < -0.39 is 35.3 Å². The Morgan fingerprint density at radius 1 is 1.16 bits per heavy atom. The number of allylic oxidation sites excluding steroid dienone is 1. The zero-order chi connectivity index (χ0) is 32.1. The van der Waals surface area contributed by atoms with Crippen LogP contribution in [0.2, 0.25) is 0 Å². The van der Waals surface area contributed by atoms with Gasteiger partial charge in [-0.05, 0) is 75.0 Å². The maximum atomic E-state index is 14.4. The fraction of sp³-hybridized carbons (Fsp3) is 0.629. The van der Waals surface area contributed by atoms with Crippen LogP contribution in [0.25, 0.3) is 11.0 Å². The Bertz CT molecular complexity index is 1530. The standard InChI is InChI=1S/C35H46N4O6/c1-7-24-28-19-39(29(24)20(2)40)32(41)30(34(3,4)5)38-33(42)45-35(21-13-14-21)18-22(35)11-9-8-10-12-26-31(44-28)37-27-17-23(43-6)15-16-25(27)36-26/h11,15-17,21,24,28-30H,7-10,12-14,18-19H2,1-6H3,(H,38,42)/t24-,28+,29-,30-,35+/m1/s1. The third-order valence-electron chi connectivity index (χ3n) is 9.95. The molecule has 2 aliphatic heterocycles. The number of fused-ring (bicyclic) bond motifs is 5. The molecule has 242 valence electrons. The SMILES string of the molecule is CC[C@@H]1[C@@H]2CN(C(=O)[C@H](C(C)(C)C)NC(=O)O[C@]3(C4CC4)CC3=CCCCCc3nc4ccc(OC)cc4nc3O2)[C@@H]1C(C)=O. The number of nitrogens with zero attached hydrogens (tertiary/aromatic N) is 3. The third-order valence-corrected chi connectivity index (χ3v) is 9.95. The van der Waals surface area contributed by atoms with E-state index in [0.717, 1.165) is 49.7 Å². The smallest absolute Gasteiger partial charge is 0.408 e. The van der Waals surface area contributed by atoms with Gasteiger partial charge in [0.15, 0.2) is 5.78 Å². The van der Waals surface area contributed by atoms with Crippen molar-refractivity contribution in [2.24, 2.45) is 17.3 Å². The van der Waals surface area contributed by atoms with Crippen molar-refractivity contribution in [2.45, 2.75) is 110 Å². The zero-order valence-corrected chi connectivity index (χ0v) is 27.4. The van der Waals surface area contributed by atoms with E-state index in [9.17, 15) is 14.4 Å². The zero-order valence-electron chi connectivity index (χ0n) is 27.4. The van der Waals surface area contributed by atoms with Crippen molar-refractivity contribution >= 4 is 28.8 Å². The van der Waals surface area contributed by atoms with Gasteiger partial charge in [-0.15, -0.1) is 0 Å². The van der Waals surface area contributed by atoms with Crippen LogP contribution in [-0.2, 0) is 20.7 Å². The number of hydrogen-bond acceptors (Lipinski definition) is 8. The summed E-state index contributed by atoms with van der Waals surface area (Å²) in [6.07, 6.45) is 7.99. The molecular weight excluding hydrogens is 572 g/mol. The molecule has 2 amide bonds. The van der Waals surface area contributed by atoms with E-state index in [1.807, 2.05) is 45.9 Å². The van der Waals surface area contributed by atoms with E-state index in [4.69, 9.17) is 24.2 Å². The summed E-state index contributed by atoms with van der Waals surface area (Å²) in [6.45, 7) is 9.46. The number of aryl methyl sites for hydroxylation is 1. The van der Waals surface area contributed by atoms with Gasteiger partial charge in [-0.1, -0.05) is 33.8 Å². The minimum atomic E-state index is -0.895. The summed E-state index contributed by atoms with van der Waals surface area (Å²) in [4.78, 5) is 52.5. The first-order valence-corrected chi connectivity index (χ1v) is 16.5. The normalized spacial score (nSPS) is 29.3. The molecule has 45 heavy (non-hydrogen) atoms. The topological polar surface area (TPSA) is 120 Å². The average Bonchev–Trinajstić information content (AvgIpc) is 3.91. The van der Waals surface area contributed by atoms with Crippen LogP contribution in [0.4, 0.5) is 4.79 Å². The van der Waals surface area contributed by atoms with Crippen molar-refractivity contribution in [2.75, 3.05) is 13.7 Å². The minimum absolute atomic E-state index is 0.113. The molecule has 6 rings (SSSR count). The monoisotopic (exact) mass is 618 g/mol. The number of nitrogens with one attached hydrogen (secondary N) is 1. The average molecular weight is 619 g/mol. The molecular formula is C35H46N4O6. The molecule has 10 heteroatoms. The molecule has 3 fully saturated rings. The maximum Gasteiger partial charge on any atom is 0.408 e. The van der Waals surface area contributed by atoms with Crippen LogP contribution in [0.15, 0.2) is 29.8 Å². The van der Waals surface area contributed by atoms with E-state index in [1.165, 1.54) is 12.5 Å². The molecule has 3 heterocycles. The molecule has 1 aromatic heterocycles. The molecule has 0 radical (unpaired) electrons. The summed E-state index contributed by atoms with van der Waals surface area (Å²) in [5.74, 6) is 0.755. The van der Waals surface area contributed by atoms with Crippen LogP contribution in [0.1, 0.15) is 85.3 Å². The van der Waals surface area contributed by atoms with Crippen LogP contribution in [-0.4, -0.2) is 70.1 Å². The van der Waals surface area contributed by atoms with Crippen LogP contribution in [0.3, 0.4) is 0 Å². The molecule has 4 aliphatic rings. The van der Waals surface area contributed by atoms with Gasteiger partial charge in [0, 0.05) is 24.3 Å². The molecule has 0 unspecified atom stereocenters. The van der Waals surface area contributed by atoms with Crippen molar-refractivity contribution in [3.8, 4) is 11.6 Å². The lowest BCUT2D eigenvalue weighted by atomic mass is 9.85. The predicted molar refractivity (Wildman–Crippen MR) is 169 cm³/mol. The van der Waals surface area contributed by atoms with E-state index in [-0.39, 0.29) is 24.2 Å². The lowest BCUT2D eigenvalue weighted by Gasteiger charge is -2.35. The minimum Gasteiger partial charge on any atom is -0.497 e. The number of rotatable bonds is 4. The van der Waals surface area contributed by atoms with E-state index in [1.54, 1.807) is 12.0 Å². The number of methoxy groups -OCH3 is 1. The lowest BCUT2D eigenvalue weighted by Crippen LogP contribution is -2.57. The number of Topliss-reactive ketones (excluding diaryl/α,β-unsaturated/α-hetero) is 1. The Kier molecular flexibility index (Phi) is 8.29. The fourth-order valence-electron chi connectivity index (χ4n) is 7.28. The van der Waals surface area contributed by atoms with Crippen molar-refractivity contribution in [1.29, 1.82) is 0 Å². The first-order chi connectivity index (χ1) is 21.4. The van der Waals surface area contributed by atoms with Crippen molar-refractivity contribution in [3.63, 3.8) is 0 Å². The number of benzene rings is 1. The highest BCUT2D eigenvalue weighted by atomic mass is 16.6. The highest BCUT2D eigenvalue weighted by Gasteiger charge is 2.62. The number of alkyl carbamates (subject to hydrolysis) is 1. The lowest BCUT2D eigenvalue weighted by molar-refractivity contribution is -0.141. The van der Waals surface area contributed by atoms with Gasteiger partial charge in [0.05, 0.1) is 30.7 Å². The van der Waals surface area contributed by atoms with Gasteiger partial charge in [0.25, 0.3) is 0 Å². The highest BCUT2D eigenvalue weighted by molar-refractivity contribution is 5.92. The molecule has 1 N–H and O–H groups in total. The van der Waals surface area contributed by atoms with Gasteiger partial charge in [-0.3, -0.25) is 9.59 Å². The second-order valence-corrected chi connectivity index (χ2v) is 14.3. The Balaban J connectivity index is 1.40. The molecule has 1 aromatic carbocycles. The van der Waals surface area contributed by atoms with Gasteiger partial charge in [0.1, 0.15) is 29.2 Å². The van der Waals surface area contributed by atoms with Crippen molar-refractivity contribution in [3.05, 3.63) is 35.5 Å². The Hall–Kier alpha value is -3.69. The van der Waals surface area contributed by atoms with Gasteiger partial charge in [0.2, 0.25) is 11.8 Å². The summed E-state index contributed by atoms with van der Waals surface area (Å²) >= 11 is 0. The molecule has 1 saturated heterocycles. The summed E-state index contributed by atoms with van der Waals surface area (Å²) < 4.78 is 18.2. The summed E-state index contributed by atoms with van der Waals surface area (Å²) in [7, 11) is 1.61. The summed E-state index contributed by atoms with van der Waals surface area (Å²) in [5.41, 5.74) is 2.16. The molecule has 2 saturated carbocycles. The molecule has 2 aliphatic carbocycles. The van der Waals surface area contributed by atoms with Gasteiger partial charge < -0.3 is 24.4 Å². The van der Waals surface area contributed by atoms with E-state index in [2.05, 4.69) is 11.4 Å². The number of amides is 2. The van der Waals surface area contributed by atoms with Crippen molar-refractivity contribution < 1.29 is 28.6 Å². The number of carbonyl (C=O) groups excluding carboxylic acids is 3. The fourth-order valence-corrected chi connectivity index (χ4v) is 7.28. The molecule has 10 nitrogen and oxygen atoms in total. The van der Waals surface area contributed by atoms with Crippen LogP contribution < -0.4 is 14.8 Å². The number of aromatic nitrogens is 2. The molecule has 0 spiro atoms. The number of ether oxygens (including phenoxy) is 3. The number of carbonyl (C=O) groups is 3. The second-order valence-electron chi connectivity index (χ2n) is 14.3. The van der Waals surface area contributed by atoms with Crippen molar-refractivity contribution in [1.82, 2.24) is 20.2 Å². The van der Waals surface area contributed by atoms with Gasteiger partial charge >= 0.3 is 6.09 Å². The highest BCUT2D eigenvalue weighted by Crippen LogP contribution is 2.60. The summed E-state index contributed by atoms with van der Waals surface area (Å²) in [6, 6.07) is 4.03. The van der Waals surface area contributed by atoms with Gasteiger partial charge in [-0.25, -0.2) is 14.8 Å². The predicted octanol–water partition coefficient (Wildman–Crippen LogP) is 5.56. The number of hydrogen-bond donors (Lipinski definition) is 1. The maximum absolute atomic E-state index is 14.4. The van der Waals surface area contributed by atoms with Crippen LogP contribution in [0.5, 0.6) is 11.6 Å². The third kappa shape index (κ3) is 6.12. The van der Waals surface area contributed by atoms with E-state index >= 15 is 0 Å². The first kappa shape index (κ1) is 31.3. The number of ketones is 1. The van der Waals surface area contributed by atoms with Gasteiger partial charge in [-0.2, -0.15) is 0 Å². The Labute approximate surface area is 265 Å². The second kappa shape index (κ2) is 11.9. The quantitative estimate of drug-likeness (QED) is 0.443. The molecule has 5 atom stereocenters.